The number of amides is 1. The third-order valence-electron chi connectivity index (χ3n) is 4.39. The van der Waals surface area contributed by atoms with E-state index in [1.165, 1.54) is 12.1 Å². The van der Waals surface area contributed by atoms with E-state index in [0.29, 0.717) is 44.7 Å². The smallest absolute Gasteiger partial charge is 0.372 e. The molecule has 4 nitrogen and oxygen atoms in total. The first-order chi connectivity index (χ1) is 13.0. The molecule has 0 spiro atoms. The molecule has 1 amide bonds. The molecule has 1 saturated heterocycles. The van der Waals surface area contributed by atoms with Gasteiger partial charge in [0, 0.05) is 39.3 Å². The van der Waals surface area contributed by atoms with Gasteiger partial charge in [0.2, 0.25) is 5.91 Å². The van der Waals surface area contributed by atoms with Crippen molar-refractivity contribution in [2.24, 2.45) is 0 Å². The number of hydrogen-bond donors (Lipinski definition) is 0. The number of hydrogen-bond acceptors (Lipinski definition) is 3. The Morgan fingerprint density at radius 3 is 2.11 bits per heavy atom. The Morgan fingerprint density at radius 2 is 1.57 bits per heavy atom. The molecule has 10 heteroatoms. The Morgan fingerprint density at radius 1 is 0.964 bits per heavy atom. The van der Waals surface area contributed by atoms with E-state index in [1.807, 2.05) is 4.90 Å². The van der Waals surface area contributed by atoms with Crippen LogP contribution >= 0.6 is 0 Å². The standard InChI is InChI=1S/C18H22F6N2O2/c19-17(20,21)13-28-11-1-6-25-7-9-26(10-8-25)16(27)12-14-2-4-15(5-3-14)18(22,23)24/h2-5H,1,6-13H2. The van der Waals surface area contributed by atoms with Crippen LogP contribution < -0.4 is 0 Å². The van der Waals surface area contributed by atoms with Crippen molar-refractivity contribution in [3.05, 3.63) is 35.4 Å². The van der Waals surface area contributed by atoms with Crippen LogP contribution in [-0.4, -0.2) is 67.8 Å². The van der Waals surface area contributed by atoms with Crippen molar-refractivity contribution >= 4 is 5.91 Å². The summed E-state index contributed by atoms with van der Waals surface area (Å²) in [5, 5.41) is 0. The Hall–Kier alpha value is -1.81. The number of ether oxygens (including phenoxy) is 1. The first-order valence-corrected chi connectivity index (χ1v) is 8.85. The molecule has 1 aliphatic heterocycles. The zero-order valence-corrected chi connectivity index (χ0v) is 15.2. The summed E-state index contributed by atoms with van der Waals surface area (Å²) < 4.78 is 78.1. The highest BCUT2D eigenvalue weighted by molar-refractivity contribution is 5.78. The van der Waals surface area contributed by atoms with Crippen LogP contribution in [0.5, 0.6) is 0 Å². The number of benzene rings is 1. The highest BCUT2D eigenvalue weighted by atomic mass is 19.4. The zero-order chi connectivity index (χ0) is 20.8. The van der Waals surface area contributed by atoms with Crippen LogP contribution in [0.1, 0.15) is 17.5 Å². The number of halogens is 6. The van der Waals surface area contributed by atoms with Crippen LogP contribution in [0.3, 0.4) is 0 Å². The lowest BCUT2D eigenvalue weighted by atomic mass is 10.1. The summed E-state index contributed by atoms with van der Waals surface area (Å²) in [6, 6.07) is 4.53. The minimum Gasteiger partial charge on any atom is -0.372 e. The second kappa shape index (κ2) is 9.60. The van der Waals surface area contributed by atoms with Gasteiger partial charge in [-0.25, -0.2) is 0 Å². The lowest BCUT2D eigenvalue weighted by Crippen LogP contribution is -2.49. The number of carbonyl (C=O) groups is 1. The van der Waals surface area contributed by atoms with Gasteiger partial charge in [0.25, 0.3) is 0 Å². The second-order valence-corrected chi connectivity index (χ2v) is 6.62. The van der Waals surface area contributed by atoms with Crippen LogP contribution in [0, 0.1) is 0 Å². The fraction of sp³-hybridized carbons (Fsp3) is 0.611. The van der Waals surface area contributed by atoms with Gasteiger partial charge in [-0.2, -0.15) is 26.3 Å². The van der Waals surface area contributed by atoms with Crippen molar-refractivity contribution in [3.8, 4) is 0 Å². The molecule has 0 bridgehead atoms. The largest absolute Gasteiger partial charge is 0.416 e. The highest BCUT2D eigenvalue weighted by Gasteiger charge is 2.30. The van der Waals surface area contributed by atoms with Gasteiger partial charge in [0.1, 0.15) is 6.61 Å². The van der Waals surface area contributed by atoms with E-state index in [4.69, 9.17) is 0 Å². The van der Waals surface area contributed by atoms with Crippen molar-refractivity contribution in [2.45, 2.75) is 25.2 Å². The van der Waals surface area contributed by atoms with E-state index in [9.17, 15) is 31.1 Å². The third kappa shape index (κ3) is 7.67. The molecule has 1 aromatic rings. The Labute approximate surface area is 159 Å². The third-order valence-corrected chi connectivity index (χ3v) is 4.39. The van der Waals surface area contributed by atoms with E-state index in [2.05, 4.69) is 4.74 Å². The lowest BCUT2D eigenvalue weighted by Gasteiger charge is -2.34. The van der Waals surface area contributed by atoms with Crippen LogP contribution in [0.2, 0.25) is 0 Å². The van der Waals surface area contributed by atoms with Crippen molar-refractivity contribution in [1.82, 2.24) is 9.80 Å². The van der Waals surface area contributed by atoms with Crippen LogP contribution in [-0.2, 0) is 22.1 Å². The van der Waals surface area contributed by atoms with Gasteiger partial charge < -0.3 is 9.64 Å². The summed E-state index contributed by atoms with van der Waals surface area (Å²) in [5.74, 6) is -0.159. The van der Waals surface area contributed by atoms with Crippen LogP contribution in [0.4, 0.5) is 26.3 Å². The predicted molar refractivity (Wildman–Crippen MR) is 89.7 cm³/mol. The summed E-state index contributed by atoms with van der Waals surface area (Å²) in [4.78, 5) is 16.0. The van der Waals surface area contributed by atoms with Crippen molar-refractivity contribution in [3.63, 3.8) is 0 Å². The minimum absolute atomic E-state index is 0.0204. The molecular weight excluding hydrogens is 390 g/mol. The molecule has 1 aliphatic rings. The molecule has 158 valence electrons. The van der Waals surface area contributed by atoms with E-state index < -0.39 is 24.5 Å². The lowest BCUT2D eigenvalue weighted by molar-refractivity contribution is -0.174. The van der Waals surface area contributed by atoms with Gasteiger partial charge in [-0.1, -0.05) is 12.1 Å². The van der Waals surface area contributed by atoms with Crippen molar-refractivity contribution < 1.29 is 35.9 Å². The van der Waals surface area contributed by atoms with E-state index in [1.54, 1.807) is 4.90 Å². The second-order valence-electron chi connectivity index (χ2n) is 6.62. The fourth-order valence-electron chi connectivity index (χ4n) is 2.90. The van der Waals surface area contributed by atoms with Crippen molar-refractivity contribution in [2.75, 3.05) is 45.9 Å². The fourth-order valence-corrected chi connectivity index (χ4v) is 2.90. The summed E-state index contributed by atoms with van der Waals surface area (Å²) >= 11 is 0. The van der Waals surface area contributed by atoms with Crippen LogP contribution in [0.25, 0.3) is 0 Å². The van der Waals surface area contributed by atoms with Gasteiger partial charge in [-0.05, 0) is 24.1 Å². The molecular formula is C18H22F6N2O2. The van der Waals surface area contributed by atoms with Gasteiger partial charge in [0.05, 0.1) is 12.0 Å². The van der Waals surface area contributed by atoms with Crippen LogP contribution in [0.15, 0.2) is 24.3 Å². The maximum atomic E-state index is 12.6. The zero-order valence-electron chi connectivity index (χ0n) is 15.2. The van der Waals surface area contributed by atoms with E-state index >= 15 is 0 Å². The van der Waals surface area contributed by atoms with E-state index in [0.717, 1.165) is 12.1 Å². The number of alkyl halides is 6. The molecule has 0 aromatic heterocycles. The minimum atomic E-state index is -4.41. The first-order valence-electron chi connectivity index (χ1n) is 8.85. The quantitative estimate of drug-likeness (QED) is 0.509. The Kier molecular flexibility index (Phi) is 7.70. The molecule has 0 aliphatic carbocycles. The number of nitrogens with zero attached hydrogens (tertiary/aromatic N) is 2. The Balaban J connectivity index is 1.67. The monoisotopic (exact) mass is 412 g/mol. The number of rotatable bonds is 7. The van der Waals surface area contributed by atoms with E-state index in [-0.39, 0.29) is 18.9 Å². The summed E-state index contributed by atoms with van der Waals surface area (Å²) in [5.41, 5.74) is -0.237. The van der Waals surface area contributed by atoms with Crippen molar-refractivity contribution in [1.29, 1.82) is 0 Å². The normalized spacial score (nSPS) is 16.4. The average molecular weight is 412 g/mol. The average Bonchev–Trinajstić information content (AvgIpc) is 2.60. The predicted octanol–water partition coefficient (Wildman–Crippen LogP) is 3.36. The summed E-state index contributed by atoms with van der Waals surface area (Å²) in [6.45, 7) is 1.49. The molecule has 1 heterocycles. The number of carbonyl (C=O) groups excluding carboxylic acids is 1. The summed E-state index contributed by atoms with van der Waals surface area (Å²) in [6.07, 6.45) is -8.23. The molecule has 0 radical (unpaired) electrons. The van der Waals surface area contributed by atoms with Gasteiger partial charge in [-0.3, -0.25) is 9.69 Å². The molecule has 1 fully saturated rings. The molecule has 0 unspecified atom stereocenters. The molecule has 28 heavy (non-hydrogen) atoms. The number of piperazine rings is 1. The van der Waals surface area contributed by atoms with Gasteiger partial charge in [-0.15, -0.1) is 0 Å². The Bertz CT molecular complexity index is 622. The molecule has 0 saturated carbocycles. The first kappa shape index (κ1) is 22.5. The SMILES string of the molecule is O=C(Cc1ccc(C(F)(F)F)cc1)N1CCN(CCCOCC(F)(F)F)CC1. The highest BCUT2D eigenvalue weighted by Crippen LogP contribution is 2.29. The molecule has 2 rings (SSSR count). The molecule has 0 atom stereocenters. The van der Waals surface area contributed by atoms with Gasteiger partial charge >= 0.3 is 12.4 Å². The topological polar surface area (TPSA) is 32.8 Å². The molecule has 0 N–H and O–H groups in total. The maximum absolute atomic E-state index is 12.6. The molecule has 1 aromatic carbocycles. The van der Waals surface area contributed by atoms with Gasteiger partial charge in [0.15, 0.2) is 0 Å². The summed E-state index contributed by atoms with van der Waals surface area (Å²) in [7, 11) is 0. The maximum Gasteiger partial charge on any atom is 0.416 e.